The van der Waals surface area contributed by atoms with Crippen molar-refractivity contribution in [2.45, 2.75) is 110 Å². The van der Waals surface area contributed by atoms with Crippen molar-refractivity contribution >= 4 is 17.9 Å². The summed E-state index contributed by atoms with van der Waals surface area (Å²) in [7, 11) is 0. The van der Waals surface area contributed by atoms with Crippen LogP contribution in [-0.2, 0) is 16.1 Å². The molecular weight excluding hydrogens is 474 g/mol. The lowest BCUT2D eigenvalue weighted by Crippen LogP contribution is -2.51. The largest absolute Gasteiger partial charge is 0.477 e. The van der Waals surface area contributed by atoms with E-state index in [0.717, 1.165) is 32.1 Å². The molecule has 3 amide bonds. The maximum atomic E-state index is 13.4. The first-order valence-electron chi connectivity index (χ1n) is 13.6. The fraction of sp³-hybridized carbons (Fsp3) is 0.778. The third-order valence-corrected chi connectivity index (χ3v) is 7.61. The first-order valence-corrected chi connectivity index (χ1v) is 13.6. The Morgan fingerprint density at radius 2 is 2.00 bits per heavy atom. The number of amides is 3. The zero-order valence-electron chi connectivity index (χ0n) is 23.3. The van der Waals surface area contributed by atoms with Crippen molar-refractivity contribution in [2.24, 2.45) is 23.5 Å². The molecule has 208 valence electrons. The molecule has 4 N–H and O–H groups in total. The number of carbonyl (C=O) groups is 3. The van der Waals surface area contributed by atoms with E-state index in [2.05, 4.69) is 15.7 Å². The maximum Gasteiger partial charge on any atom is 0.405 e. The van der Waals surface area contributed by atoms with E-state index >= 15 is 0 Å². The van der Waals surface area contributed by atoms with Crippen molar-refractivity contribution in [1.82, 2.24) is 20.4 Å². The van der Waals surface area contributed by atoms with Crippen LogP contribution >= 0.6 is 0 Å². The second-order valence-corrected chi connectivity index (χ2v) is 12.1. The minimum atomic E-state index is -0.723. The molecule has 3 rings (SSSR count). The van der Waals surface area contributed by atoms with Gasteiger partial charge in [0.1, 0.15) is 11.2 Å². The third kappa shape index (κ3) is 7.85. The van der Waals surface area contributed by atoms with Gasteiger partial charge in [0.15, 0.2) is 0 Å². The van der Waals surface area contributed by atoms with Gasteiger partial charge in [-0.05, 0) is 77.0 Å². The number of hydrogen-bond donors (Lipinski definition) is 3. The molecule has 1 aromatic heterocycles. The Labute approximate surface area is 220 Å². The zero-order valence-corrected chi connectivity index (χ0v) is 23.3. The molecule has 0 saturated heterocycles. The molecular formula is C27H45N5O5. The van der Waals surface area contributed by atoms with Gasteiger partial charge in [0, 0.05) is 25.0 Å². The summed E-state index contributed by atoms with van der Waals surface area (Å²) in [5.74, 6) is 1.02. The molecule has 2 bridgehead atoms. The average molecular weight is 520 g/mol. The minimum Gasteiger partial charge on any atom is -0.477 e. The number of aromatic nitrogens is 2. The van der Waals surface area contributed by atoms with E-state index in [1.54, 1.807) is 10.9 Å². The molecule has 10 heteroatoms. The Kier molecular flexibility index (Phi) is 9.13. The molecule has 2 fully saturated rings. The van der Waals surface area contributed by atoms with Gasteiger partial charge in [0.05, 0.1) is 12.8 Å². The van der Waals surface area contributed by atoms with Crippen LogP contribution < -0.4 is 21.1 Å². The third-order valence-electron chi connectivity index (χ3n) is 7.61. The van der Waals surface area contributed by atoms with Crippen LogP contribution in [0.15, 0.2) is 6.20 Å². The Hall–Kier alpha value is -2.78. The first-order chi connectivity index (χ1) is 17.3. The monoisotopic (exact) mass is 519 g/mol. The van der Waals surface area contributed by atoms with Crippen LogP contribution in [0.5, 0.6) is 5.88 Å². The molecule has 4 atom stereocenters. The van der Waals surface area contributed by atoms with E-state index in [1.807, 2.05) is 34.6 Å². The van der Waals surface area contributed by atoms with Gasteiger partial charge in [-0.15, -0.1) is 0 Å². The molecule has 0 aromatic carbocycles. The number of fused-ring (bicyclic) bond motifs is 2. The van der Waals surface area contributed by atoms with Crippen LogP contribution in [0.4, 0.5) is 4.79 Å². The second-order valence-electron chi connectivity index (χ2n) is 12.1. The van der Waals surface area contributed by atoms with E-state index in [4.69, 9.17) is 15.2 Å². The smallest absolute Gasteiger partial charge is 0.405 e. The average Bonchev–Trinajstić information content (AvgIpc) is 3.17. The normalized spacial score (nSPS) is 24.3. The first kappa shape index (κ1) is 28.8. The van der Waals surface area contributed by atoms with Crippen molar-refractivity contribution in [3.05, 3.63) is 11.8 Å². The van der Waals surface area contributed by atoms with Crippen LogP contribution in [0.2, 0.25) is 0 Å². The van der Waals surface area contributed by atoms with Crippen molar-refractivity contribution < 1.29 is 23.9 Å². The van der Waals surface area contributed by atoms with E-state index in [0.29, 0.717) is 43.4 Å². The van der Waals surface area contributed by atoms with E-state index in [9.17, 15) is 14.4 Å². The van der Waals surface area contributed by atoms with Gasteiger partial charge in [-0.2, -0.15) is 5.10 Å². The summed E-state index contributed by atoms with van der Waals surface area (Å²) in [5, 5.41) is 10.6. The molecule has 2 saturated carbocycles. The van der Waals surface area contributed by atoms with Crippen LogP contribution in [0.1, 0.15) is 96.8 Å². The summed E-state index contributed by atoms with van der Waals surface area (Å²) in [6.45, 7) is 12.5. The molecule has 2 aliphatic carbocycles. The molecule has 0 aliphatic heterocycles. The number of hydrogen-bond acceptors (Lipinski definition) is 6. The Morgan fingerprint density at radius 1 is 1.27 bits per heavy atom. The lowest BCUT2D eigenvalue weighted by molar-refractivity contribution is -0.120. The standard InChI is InChI=1S/C27H45N5O5/c1-17(2)16-36-24-22(15-29-32(24)11-10-26(5,6)31-19(4)33)23(34)30-18(3)21-12-20-8-7-9-27(13-20,14-21)37-25(28)35/h15,17-18,20-21H,7-14,16H2,1-6H3,(H2,28,35)(H,30,34)(H,31,33)/t18?,20?,21?,27-/m1/s1. The van der Waals surface area contributed by atoms with Gasteiger partial charge in [-0.1, -0.05) is 20.3 Å². The number of aryl methyl sites for hydroxylation is 1. The summed E-state index contributed by atoms with van der Waals surface area (Å²) in [6, 6.07) is -0.121. The van der Waals surface area contributed by atoms with Gasteiger partial charge in [-0.3, -0.25) is 9.59 Å². The van der Waals surface area contributed by atoms with Gasteiger partial charge < -0.3 is 25.8 Å². The highest BCUT2D eigenvalue weighted by molar-refractivity contribution is 5.96. The fourth-order valence-corrected chi connectivity index (χ4v) is 5.96. The quantitative estimate of drug-likeness (QED) is 0.407. The highest BCUT2D eigenvalue weighted by Crippen LogP contribution is 2.48. The summed E-state index contributed by atoms with van der Waals surface area (Å²) in [6.07, 6.45) is 6.93. The number of carbonyl (C=O) groups excluding carboxylic acids is 3. The molecule has 3 unspecified atom stereocenters. The van der Waals surface area contributed by atoms with Crippen LogP contribution in [0, 0.1) is 17.8 Å². The fourth-order valence-electron chi connectivity index (χ4n) is 5.96. The molecule has 0 spiro atoms. The van der Waals surface area contributed by atoms with Crippen LogP contribution in [-0.4, -0.2) is 51.5 Å². The van der Waals surface area contributed by atoms with Gasteiger partial charge in [0.25, 0.3) is 5.91 Å². The molecule has 1 heterocycles. The highest BCUT2D eigenvalue weighted by Gasteiger charge is 2.47. The van der Waals surface area contributed by atoms with Crippen molar-refractivity contribution in [1.29, 1.82) is 0 Å². The molecule has 2 aliphatic rings. The van der Waals surface area contributed by atoms with Crippen molar-refractivity contribution in [3.63, 3.8) is 0 Å². The van der Waals surface area contributed by atoms with E-state index < -0.39 is 17.2 Å². The summed E-state index contributed by atoms with van der Waals surface area (Å²) in [5.41, 5.74) is 4.85. The lowest BCUT2D eigenvalue weighted by Gasteiger charge is -2.48. The topological polar surface area (TPSA) is 138 Å². The Morgan fingerprint density at radius 3 is 2.65 bits per heavy atom. The van der Waals surface area contributed by atoms with E-state index in [-0.39, 0.29) is 29.7 Å². The molecule has 1 aromatic rings. The SMILES string of the molecule is CC(=O)NC(C)(C)CCn1ncc(C(=O)NC(C)C2CC3CCC[C@@](OC(N)=O)(C3)C2)c1OCC(C)C. The number of rotatable bonds is 11. The van der Waals surface area contributed by atoms with Gasteiger partial charge >= 0.3 is 6.09 Å². The summed E-state index contributed by atoms with van der Waals surface area (Å²) < 4.78 is 13.4. The Balaban J connectivity index is 1.72. The molecule has 0 radical (unpaired) electrons. The highest BCUT2D eigenvalue weighted by atomic mass is 16.6. The predicted octanol–water partition coefficient (Wildman–Crippen LogP) is 3.78. The van der Waals surface area contributed by atoms with Crippen molar-refractivity contribution in [3.8, 4) is 5.88 Å². The maximum absolute atomic E-state index is 13.4. The summed E-state index contributed by atoms with van der Waals surface area (Å²) in [4.78, 5) is 36.6. The zero-order chi connectivity index (χ0) is 27.4. The van der Waals surface area contributed by atoms with Crippen molar-refractivity contribution in [2.75, 3.05) is 6.61 Å². The van der Waals surface area contributed by atoms with Crippen LogP contribution in [0.3, 0.4) is 0 Å². The number of nitrogens with one attached hydrogen (secondary N) is 2. The molecule has 37 heavy (non-hydrogen) atoms. The minimum absolute atomic E-state index is 0.0920. The Bertz CT molecular complexity index is 974. The number of nitrogens with two attached hydrogens (primary N) is 1. The number of nitrogens with zero attached hydrogens (tertiary/aromatic N) is 2. The van der Waals surface area contributed by atoms with Gasteiger partial charge in [0.2, 0.25) is 11.8 Å². The summed E-state index contributed by atoms with van der Waals surface area (Å²) >= 11 is 0. The van der Waals surface area contributed by atoms with Crippen LogP contribution in [0.25, 0.3) is 0 Å². The van der Waals surface area contributed by atoms with E-state index in [1.165, 1.54) is 6.92 Å². The predicted molar refractivity (Wildman–Crippen MR) is 140 cm³/mol. The molecule has 10 nitrogen and oxygen atoms in total. The lowest BCUT2D eigenvalue weighted by atomic mass is 9.64. The second kappa shape index (κ2) is 11.7. The number of primary amides is 1. The van der Waals surface area contributed by atoms with Gasteiger partial charge in [-0.25, -0.2) is 9.48 Å². The number of ether oxygens (including phenoxy) is 2.